The highest BCUT2D eigenvalue weighted by atomic mass is 127. The van der Waals surface area contributed by atoms with Crippen molar-refractivity contribution < 1.29 is 8.42 Å². The summed E-state index contributed by atoms with van der Waals surface area (Å²) in [6.07, 6.45) is 4.50. The molecule has 1 heterocycles. The quantitative estimate of drug-likeness (QED) is 0.511. The molecule has 3 aliphatic rings. The van der Waals surface area contributed by atoms with Crippen molar-refractivity contribution in [3.63, 3.8) is 0 Å². The van der Waals surface area contributed by atoms with Crippen LogP contribution in [0.5, 0.6) is 0 Å². The molecule has 2 bridgehead atoms. The van der Waals surface area contributed by atoms with Gasteiger partial charge in [0.15, 0.2) is 9.84 Å². The van der Waals surface area contributed by atoms with Crippen molar-refractivity contribution in [1.82, 2.24) is 0 Å². The van der Waals surface area contributed by atoms with Crippen LogP contribution in [-0.2, 0) is 16.3 Å². The average molecular weight is 500 g/mol. The summed E-state index contributed by atoms with van der Waals surface area (Å²) in [5, 5.41) is -0.0765. The minimum Gasteiger partial charge on any atom is -0.223 e. The SMILES string of the molecule is O=S1(=O)c2c(I)cc(I)cc2CC2C3CCC(C3)C21. The fourth-order valence-corrected chi connectivity index (χ4v) is 10.1. The lowest BCUT2D eigenvalue weighted by Gasteiger charge is -2.36. The van der Waals surface area contributed by atoms with Crippen LogP contribution in [0.1, 0.15) is 24.8 Å². The Balaban J connectivity index is 1.96. The molecule has 2 nitrogen and oxygen atoms in total. The summed E-state index contributed by atoms with van der Waals surface area (Å²) in [5.74, 6) is 1.49. The summed E-state index contributed by atoms with van der Waals surface area (Å²) in [5.41, 5.74) is 1.07. The number of hydrogen-bond donors (Lipinski definition) is 0. The van der Waals surface area contributed by atoms with Crippen molar-refractivity contribution in [2.75, 3.05) is 0 Å². The Morgan fingerprint density at radius 2 is 1.84 bits per heavy atom. The van der Waals surface area contributed by atoms with E-state index in [1.54, 1.807) is 0 Å². The van der Waals surface area contributed by atoms with E-state index >= 15 is 0 Å². The van der Waals surface area contributed by atoms with Crippen LogP contribution in [0.15, 0.2) is 17.0 Å². The molecule has 1 aromatic rings. The lowest BCUT2D eigenvalue weighted by molar-refractivity contribution is 0.322. The maximum absolute atomic E-state index is 13.0. The zero-order valence-electron chi connectivity index (χ0n) is 10.3. The van der Waals surface area contributed by atoms with Crippen molar-refractivity contribution in [3.05, 3.63) is 24.8 Å². The van der Waals surface area contributed by atoms with Gasteiger partial charge in [0, 0.05) is 7.14 Å². The van der Waals surface area contributed by atoms with E-state index in [1.165, 1.54) is 6.42 Å². The van der Waals surface area contributed by atoms with Gasteiger partial charge in [-0.15, -0.1) is 0 Å². The maximum atomic E-state index is 13.0. The Hall–Kier alpha value is 0.630. The van der Waals surface area contributed by atoms with Gasteiger partial charge in [-0.3, -0.25) is 0 Å². The fourth-order valence-electron chi connectivity index (χ4n) is 4.60. The Morgan fingerprint density at radius 1 is 1.11 bits per heavy atom. The number of hydrogen-bond acceptors (Lipinski definition) is 2. The topological polar surface area (TPSA) is 34.1 Å². The van der Waals surface area contributed by atoms with Crippen LogP contribution in [0, 0.1) is 24.9 Å². The second-order valence-corrected chi connectivity index (χ2v) is 10.5. The number of benzene rings is 1. The Morgan fingerprint density at radius 3 is 2.63 bits per heavy atom. The van der Waals surface area contributed by atoms with Gasteiger partial charge in [0.2, 0.25) is 0 Å². The number of halogens is 2. The van der Waals surface area contributed by atoms with Crippen LogP contribution in [0.3, 0.4) is 0 Å². The summed E-state index contributed by atoms with van der Waals surface area (Å²) < 4.78 is 28.1. The second-order valence-electron chi connectivity index (χ2n) is 6.09. The minimum absolute atomic E-state index is 0.0765. The molecule has 0 saturated heterocycles. The largest absolute Gasteiger partial charge is 0.223 e. The van der Waals surface area contributed by atoms with Gasteiger partial charge in [0.05, 0.1) is 10.1 Å². The van der Waals surface area contributed by atoms with E-state index in [4.69, 9.17) is 0 Å². The number of sulfone groups is 1. The first kappa shape index (κ1) is 13.3. The molecule has 1 aromatic carbocycles. The third kappa shape index (κ3) is 1.79. The lowest BCUT2D eigenvalue weighted by atomic mass is 9.83. The van der Waals surface area contributed by atoms with Crippen LogP contribution in [-0.4, -0.2) is 13.7 Å². The van der Waals surface area contributed by atoms with Crippen molar-refractivity contribution >= 4 is 55.0 Å². The predicted molar refractivity (Wildman–Crippen MR) is 90.9 cm³/mol. The van der Waals surface area contributed by atoms with E-state index in [0.29, 0.717) is 22.6 Å². The van der Waals surface area contributed by atoms with Gasteiger partial charge in [0.25, 0.3) is 0 Å². The summed E-state index contributed by atoms with van der Waals surface area (Å²) >= 11 is 4.48. The zero-order chi connectivity index (χ0) is 13.4. The molecule has 4 atom stereocenters. The van der Waals surface area contributed by atoms with Gasteiger partial charge >= 0.3 is 0 Å². The summed E-state index contributed by atoms with van der Waals surface area (Å²) in [7, 11) is -3.11. The molecule has 0 amide bonds. The molecule has 2 saturated carbocycles. The normalized spacial score (nSPS) is 38.0. The summed E-state index contributed by atoms with van der Waals surface area (Å²) in [6.45, 7) is 0. The Labute approximate surface area is 140 Å². The van der Waals surface area contributed by atoms with E-state index in [0.717, 1.165) is 32.0 Å². The molecule has 102 valence electrons. The molecule has 0 spiro atoms. The highest BCUT2D eigenvalue weighted by Gasteiger charge is 2.56. The Bertz CT molecular complexity index is 668. The third-order valence-corrected chi connectivity index (χ3v) is 9.53. The smallest absolute Gasteiger partial charge is 0.183 e. The van der Waals surface area contributed by atoms with E-state index in [9.17, 15) is 8.42 Å². The van der Waals surface area contributed by atoms with E-state index in [-0.39, 0.29) is 5.25 Å². The predicted octanol–water partition coefficient (Wildman–Crippen LogP) is 3.64. The first-order valence-electron chi connectivity index (χ1n) is 6.70. The van der Waals surface area contributed by atoms with Gasteiger partial charge in [-0.2, -0.15) is 0 Å². The van der Waals surface area contributed by atoms with Crippen molar-refractivity contribution in [3.8, 4) is 0 Å². The summed E-state index contributed by atoms with van der Waals surface area (Å²) in [4.78, 5) is 0.655. The van der Waals surface area contributed by atoms with E-state index in [2.05, 4.69) is 51.2 Å². The standard InChI is InChI=1S/C14H14I2O2S/c15-10-4-9-5-11-7-1-2-8(3-7)13(11)19(17,18)14(9)12(16)6-10/h4,6-8,11,13H,1-3,5H2. The number of fused-ring (bicyclic) bond motifs is 6. The zero-order valence-corrected chi connectivity index (χ0v) is 15.4. The molecule has 2 aliphatic carbocycles. The molecule has 5 heteroatoms. The maximum Gasteiger partial charge on any atom is 0.183 e. The lowest BCUT2D eigenvalue weighted by Crippen LogP contribution is -2.40. The molecule has 1 aliphatic heterocycles. The van der Waals surface area contributed by atoms with Crippen molar-refractivity contribution in [2.24, 2.45) is 17.8 Å². The van der Waals surface area contributed by atoms with Gasteiger partial charge in [-0.25, -0.2) is 8.42 Å². The van der Waals surface area contributed by atoms with Gasteiger partial charge in [0.1, 0.15) is 0 Å². The molecule has 4 rings (SSSR count). The molecule has 4 unspecified atom stereocenters. The first-order chi connectivity index (χ1) is 8.98. The molecule has 2 fully saturated rings. The summed E-state index contributed by atoms with van der Waals surface area (Å²) in [6, 6.07) is 4.07. The molecule has 0 aromatic heterocycles. The van der Waals surface area contributed by atoms with Gasteiger partial charge in [-0.1, -0.05) is 0 Å². The molecule has 0 N–H and O–H groups in total. The highest BCUT2D eigenvalue weighted by molar-refractivity contribution is 14.1. The second kappa shape index (κ2) is 4.32. The van der Waals surface area contributed by atoms with E-state index < -0.39 is 9.84 Å². The van der Waals surface area contributed by atoms with Crippen molar-refractivity contribution in [1.29, 1.82) is 0 Å². The Kier molecular flexibility index (Phi) is 3.02. The monoisotopic (exact) mass is 500 g/mol. The average Bonchev–Trinajstić information content (AvgIpc) is 2.87. The van der Waals surface area contributed by atoms with Gasteiger partial charge < -0.3 is 0 Å². The molecular weight excluding hydrogens is 486 g/mol. The van der Waals surface area contributed by atoms with Crippen LogP contribution >= 0.6 is 45.2 Å². The molecular formula is C14H14I2O2S. The van der Waals surface area contributed by atoms with Gasteiger partial charge in [-0.05, 0) is 106 Å². The van der Waals surface area contributed by atoms with Crippen LogP contribution in [0.2, 0.25) is 0 Å². The fraction of sp³-hybridized carbons (Fsp3) is 0.571. The number of rotatable bonds is 0. The van der Waals surface area contributed by atoms with E-state index in [1.807, 2.05) is 6.07 Å². The first-order valence-corrected chi connectivity index (χ1v) is 10.4. The third-order valence-electron chi connectivity index (χ3n) is 5.19. The van der Waals surface area contributed by atoms with Crippen LogP contribution < -0.4 is 0 Å². The van der Waals surface area contributed by atoms with Crippen molar-refractivity contribution in [2.45, 2.75) is 35.8 Å². The van der Waals surface area contributed by atoms with Crippen LogP contribution in [0.25, 0.3) is 0 Å². The highest BCUT2D eigenvalue weighted by Crippen LogP contribution is 2.56. The molecule has 19 heavy (non-hydrogen) atoms. The molecule has 0 radical (unpaired) electrons. The van der Waals surface area contributed by atoms with Crippen LogP contribution in [0.4, 0.5) is 0 Å². The minimum atomic E-state index is -3.11.